The number of aryl methyl sites for hydroxylation is 2. The highest BCUT2D eigenvalue weighted by Gasteiger charge is 2.33. The number of nitrogens with zero attached hydrogens (tertiary/aromatic N) is 5. The quantitative estimate of drug-likeness (QED) is 0.826. The summed E-state index contributed by atoms with van der Waals surface area (Å²) in [6, 6.07) is 0. The van der Waals surface area contributed by atoms with Gasteiger partial charge in [0.25, 0.3) is 0 Å². The second-order valence-electron chi connectivity index (χ2n) is 6.11. The van der Waals surface area contributed by atoms with Gasteiger partial charge in [-0.15, -0.1) is 21.5 Å². The van der Waals surface area contributed by atoms with Crippen molar-refractivity contribution in [2.45, 2.75) is 32.4 Å². The number of thiazole rings is 1. The van der Waals surface area contributed by atoms with Gasteiger partial charge in [0.1, 0.15) is 23.3 Å². The zero-order chi connectivity index (χ0) is 15.8. The predicted molar refractivity (Wildman–Crippen MR) is 84.0 cm³/mol. The van der Waals surface area contributed by atoms with Crippen molar-refractivity contribution in [3.8, 4) is 0 Å². The molecular formula is C15H19N5O2S. The van der Waals surface area contributed by atoms with E-state index in [9.17, 15) is 4.79 Å². The maximum atomic E-state index is 12.9. The van der Waals surface area contributed by atoms with Crippen LogP contribution in [0, 0.1) is 12.8 Å². The summed E-state index contributed by atoms with van der Waals surface area (Å²) in [5, 5.41) is 11.0. The fourth-order valence-corrected chi connectivity index (χ4v) is 4.07. The van der Waals surface area contributed by atoms with Crippen molar-refractivity contribution in [3.05, 3.63) is 28.2 Å². The van der Waals surface area contributed by atoms with Crippen molar-refractivity contribution in [2.24, 2.45) is 5.92 Å². The standard InChI is InChI=1S/C15H19N5O2S/c1-10-8-23-14(17-10)12-7-19(4-5-22-12)15(21)11-2-3-13-18-16-9-20(13)6-11/h8-9,11-12H,2-7H2,1H3. The van der Waals surface area contributed by atoms with E-state index in [1.165, 1.54) is 0 Å². The van der Waals surface area contributed by atoms with Crippen LogP contribution in [0.5, 0.6) is 0 Å². The lowest BCUT2D eigenvalue weighted by Gasteiger charge is -2.35. The van der Waals surface area contributed by atoms with Crippen molar-refractivity contribution in [1.29, 1.82) is 0 Å². The number of amides is 1. The van der Waals surface area contributed by atoms with Crippen molar-refractivity contribution < 1.29 is 9.53 Å². The Labute approximate surface area is 138 Å². The molecule has 0 saturated carbocycles. The Hall–Kier alpha value is -1.80. The Morgan fingerprint density at radius 2 is 2.35 bits per heavy atom. The molecule has 2 aromatic heterocycles. The van der Waals surface area contributed by atoms with Gasteiger partial charge in [-0.25, -0.2) is 4.98 Å². The van der Waals surface area contributed by atoms with Gasteiger partial charge in [-0.1, -0.05) is 0 Å². The van der Waals surface area contributed by atoms with E-state index in [1.54, 1.807) is 17.7 Å². The van der Waals surface area contributed by atoms with Crippen LogP contribution in [0.25, 0.3) is 0 Å². The van der Waals surface area contributed by atoms with E-state index in [0.29, 0.717) is 26.2 Å². The van der Waals surface area contributed by atoms with E-state index in [2.05, 4.69) is 15.2 Å². The van der Waals surface area contributed by atoms with Crippen LogP contribution in [0.1, 0.15) is 29.1 Å². The fraction of sp³-hybridized carbons (Fsp3) is 0.600. The molecule has 8 heteroatoms. The molecule has 0 aromatic carbocycles. The molecule has 23 heavy (non-hydrogen) atoms. The van der Waals surface area contributed by atoms with Crippen molar-refractivity contribution in [3.63, 3.8) is 0 Å². The summed E-state index contributed by atoms with van der Waals surface area (Å²) in [6.45, 7) is 4.48. The molecule has 2 aliphatic heterocycles. The van der Waals surface area contributed by atoms with E-state index < -0.39 is 0 Å². The van der Waals surface area contributed by atoms with Crippen LogP contribution in [0.4, 0.5) is 0 Å². The van der Waals surface area contributed by atoms with E-state index in [4.69, 9.17) is 4.74 Å². The van der Waals surface area contributed by atoms with Crippen molar-refractivity contribution >= 4 is 17.2 Å². The molecule has 0 radical (unpaired) electrons. The van der Waals surface area contributed by atoms with Gasteiger partial charge in [-0.05, 0) is 13.3 Å². The number of carbonyl (C=O) groups excluding carboxylic acids is 1. The molecule has 0 aliphatic carbocycles. The van der Waals surface area contributed by atoms with Gasteiger partial charge in [-0.3, -0.25) is 4.79 Å². The lowest BCUT2D eigenvalue weighted by atomic mass is 9.97. The molecule has 4 heterocycles. The van der Waals surface area contributed by atoms with E-state index in [-0.39, 0.29) is 17.9 Å². The molecule has 0 N–H and O–H groups in total. The summed E-state index contributed by atoms with van der Waals surface area (Å²) >= 11 is 1.60. The van der Waals surface area contributed by atoms with Gasteiger partial charge in [-0.2, -0.15) is 0 Å². The molecule has 122 valence electrons. The van der Waals surface area contributed by atoms with Crippen LogP contribution in [0.15, 0.2) is 11.7 Å². The second-order valence-corrected chi connectivity index (χ2v) is 7.00. The summed E-state index contributed by atoms with van der Waals surface area (Å²) < 4.78 is 7.81. The summed E-state index contributed by atoms with van der Waals surface area (Å²) in [4.78, 5) is 19.3. The van der Waals surface area contributed by atoms with Crippen LogP contribution in [-0.4, -0.2) is 50.3 Å². The van der Waals surface area contributed by atoms with Gasteiger partial charge in [0.2, 0.25) is 5.91 Å². The molecule has 2 unspecified atom stereocenters. The summed E-state index contributed by atoms with van der Waals surface area (Å²) in [5.74, 6) is 1.20. The van der Waals surface area contributed by atoms with Gasteiger partial charge >= 0.3 is 0 Å². The number of carbonyl (C=O) groups is 1. The highest BCUT2D eigenvalue weighted by Crippen LogP contribution is 2.27. The van der Waals surface area contributed by atoms with Crippen molar-refractivity contribution in [2.75, 3.05) is 19.7 Å². The number of ether oxygens (including phenoxy) is 1. The minimum atomic E-state index is -0.0968. The van der Waals surface area contributed by atoms with Crippen LogP contribution < -0.4 is 0 Å². The summed E-state index contributed by atoms with van der Waals surface area (Å²) in [7, 11) is 0. The molecular weight excluding hydrogens is 314 g/mol. The second kappa shape index (κ2) is 6.01. The minimum Gasteiger partial charge on any atom is -0.367 e. The Kier molecular flexibility index (Phi) is 3.86. The monoisotopic (exact) mass is 333 g/mol. The Bertz CT molecular complexity index is 712. The largest absolute Gasteiger partial charge is 0.367 e. The molecule has 0 bridgehead atoms. The third kappa shape index (κ3) is 2.88. The van der Waals surface area contributed by atoms with Crippen LogP contribution in [0.3, 0.4) is 0 Å². The first-order valence-electron chi connectivity index (χ1n) is 7.90. The molecule has 1 saturated heterocycles. The molecule has 2 aromatic rings. The van der Waals surface area contributed by atoms with Gasteiger partial charge < -0.3 is 14.2 Å². The highest BCUT2D eigenvalue weighted by molar-refractivity contribution is 7.09. The van der Waals surface area contributed by atoms with E-state index in [1.807, 2.05) is 21.8 Å². The molecule has 4 rings (SSSR count). The maximum absolute atomic E-state index is 12.9. The number of aromatic nitrogens is 4. The zero-order valence-electron chi connectivity index (χ0n) is 13.0. The normalized spacial score (nSPS) is 24.5. The third-order valence-corrected chi connectivity index (χ3v) is 5.52. The Morgan fingerprint density at radius 3 is 3.17 bits per heavy atom. The highest BCUT2D eigenvalue weighted by atomic mass is 32.1. The third-order valence-electron chi connectivity index (χ3n) is 4.47. The van der Waals surface area contributed by atoms with Crippen LogP contribution >= 0.6 is 11.3 Å². The number of morpholine rings is 1. The molecule has 2 aliphatic rings. The van der Waals surface area contributed by atoms with E-state index in [0.717, 1.165) is 29.4 Å². The SMILES string of the molecule is Cc1csc(C2CN(C(=O)C3CCc4nncn4C3)CCO2)n1. The number of fused-ring (bicyclic) bond motifs is 1. The zero-order valence-corrected chi connectivity index (χ0v) is 13.8. The first kappa shape index (κ1) is 14.8. The molecule has 1 amide bonds. The predicted octanol–water partition coefficient (Wildman–Crippen LogP) is 1.21. The number of hydrogen-bond donors (Lipinski definition) is 0. The minimum absolute atomic E-state index is 0.00952. The molecule has 0 spiro atoms. The first-order chi connectivity index (χ1) is 11.2. The first-order valence-corrected chi connectivity index (χ1v) is 8.78. The average Bonchev–Trinajstić information content (AvgIpc) is 3.22. The van der Waals surface area contributed by atoms with Crippen molar-refractivity contribution in [1.82, 2.24) is 24.6 Å². The van der Waals surface area contributed by atoms with Gasteiger partial charge in [0.15, 0.2) is 0 Å². The topological polar surface area (TPSA) is 73.1 Å². The Morgan fingerprint density at radius 1 is 1.43 bits per heavy atom. The smallest absolute Gasteiger partial charge is 0.227 e. The van der Waals surface area contributed by atoms with Crippen LogP contribution in [-0.2, 0) is 22.5 Å². The molecule has 1 fully saturated rings. The van der Waals surface area contributed by atoms with Crippen LogP contribution in [0.2, 0.25) is 0 Å². The number of rotatable bonds is 2. The Balaban J connectivity index is 1.44. The van der Waals surface area contributed by atoms with Gasteiger partial charge in [0.05, 0.1) is 19.1 Å². The summed E-state index contributed by atoms with van der Waals surface area (Å²) in [6.07, 6.45) is 3.28. The fourth-order valence-electron chi connectivity index (χ4n) is 3.24. The van der Waals surface area contributed by atoms with E-state index >= 15 is 0 Å². The molecule has 2 atom stereocenters. The lowest BCUT2D eigenvalue weighted by Crippen LogP contribution is -2.46. The lowest BCUT2D eigenvalue weighted by molar-refractivity contribution is -0.144. The maximum Gasteiger partial charge on any atom is 0.227 e. The van der Waals surface area contributed by atoms with Gasteiger partial charge in [0, 0.05) is 30.6 Å². The summed E-state index contributed by atoms with van der Waals surface area (Å²) in [5.41, 5.74) is 1.00. The number of hydrogen-bond acceptors (Lipinski definition) is 6. The molecule has 7 nitrogen and oxygen atoms in total. The average molecular weight is 333 g/mol.